The molecule has 0 spiro atoms. The third kappa shape index (κ3) is 6.16. The lowest BCUT2D eigenvalue weighted by molar-refractivity contribution is -0.140. The molecule has 1 fully saturated rings. The molecule has 0 bridgehead atoms. The second-order valence-electron chi connectivity index (χ2n) is 8.27. The lowest BCUT2D eigenvalue weighted by Gasteiger charge is -2.45. The van der Waals surface area contributed by atoms with Crippen LogP contribution in [0.5, 0.6) is 0 Å². The van der Waals surface area contributed by atoms with Crippen molar-refractivity contribution in [2.45, 2.75) is 77.2 Å². The fraction of sp³-hybridized carbons (Fsp3) is 0.667. The highest BCUT2D eigenvalue weighted by Gasteiger charge is 2.41. The topological polar surface area (TPSA) is 63.6 Å². The number of methoxy groups -OCH3 is 1. The molecule has 156 valence electrons. The number of aliphatic hydroxyl groups excluding tert-OH is 1. The number of allylic oxidation sites excluding steroid dienone is 5. The van der Waals surface area contributed by atoms with Crippen LogP contribution in [0.4, 0.5) is 0 Å². The first kappa shape index (κ1) is 22.6. The van der Waals surface area contributed by atoms with Crippen molar-refractivity contribution >= 4 is 11.8 Å². The summed E-state index contributed by atoms with van der Waals surface area (Å²) in [7, 11) is 1.40. The van der Waals surface area contributed by atoms with E-state index in [0.717, 1.165) is 38.5 Å². The van der Waals surface area contributed by atoms with Crippen LogP contribution in [0.15, 0.2) is 36.5 Å². The zero-order valence-electron chi connectivity index (χ0n) is 17.4. The maximum Gasteiger partial charge on any atom is 0.305 e. The number of hydrogen-bond donors (Lipinski definition) is 1. The van der Waals surface area contributed by atoms with Gasteiger partial charge >= 0.3 is 5.97 Å². The summed E-state index contributed by atoms with van der Waals surface area (Å²) in [6.45, 7) is 2.19. The highest BCUT2D eigenvalue weighted by Crippen LogP contribution is 2.48. The van der Waals surface area contributed by atoms with Crippen molar-refractivity contribution < 1.29 is 19.4 Å². The Morgan fingerprint density at radius 3 is 2.79 bits per heavy atom. The van der Waals surface area contributed by atoms with Gasteiger partial charge in [-0.3, -0.25) is 9.59 Å². The minimum atomic E-state index is -0.272. The number of carbonyl (C=O) groups is 2. The molecule has 1 N–H and O–H groups in total. The second kappa shape index (κ2) is 11.4. The first-order valence-electron chi connectivity index (χ1n) is 10.8. The van der Waals surface area contributed by atoms with E-state index in [1.165, 1.54) is 13.5 Å². The van der Waals surface area contributed by atoms with Crippen LogP contribution in [-0.2, 0) is 14.3 Å². The molecule has 1 unspecified atom stereocenters. The molecule has 2 aliphatic rings. The van der Waals surface area contributed by atoms with Gasteiger partial charge in [0.2, 0.25) is 0 Å². The van der Waals surface area contributed by atoms with Crippen molar-refractivity contribution in [2.75, 3.05) is 7.11 Å². The van der Waals surface area contributed by atoms with Gasteiger partial charge in [0.25, 0.3) is 0 Å². The largest absolute Gasteiger partial charge is 0.469 e. The molecular formula is C24H36O4. The number of aliphatic hydroxyl groups is 1. The van der Waals surface area contributed by atoms with Crippen LogP contribution in [0.25, 0.3) is 0 Å². The standard InChI is InChI=1S/C24H36O4/c1-3-16-24(17-9-18-24)22(26)12-8-10-19-14-15-21(25)20(19)11-6-4-5-7-13-23(27)28-2/h4,6,8,10,14-15,19-20,22,26H,3,5,7,9,11-13,16-18H2,1-2H3/t19-,20+,22?/m0/s1. The molecule has 2 aliphatic carbocycles. The number of carbonyl (C=O) groups excluding carboxylic acids is 2. The van der Waals surface area contributed by atoms with Crippen molar-refractivity contribution in [3.63, 3.8) is 0 Å². The Kier molecular flexibility index (Phi) is 9.17. The van der Waals surface area contributed by atoms with E-state index in [4.69, 9.17) is 0 Å². The van der Waals surface area contributed by atoms with Crippen LogP contribution < -0.4 is 0 Å². The molecule has 4 nitrogen and oxygen atoms in total. The van der Waals surface area contributed by atoms with E-state index in [0.29, 0.717) is 19.3 Å². The van der Waals surface area contributed by atoms with Crippen LogP contribution >= 0.6 is 0 Å². The van der Waals surface area contributed by atoms with Gasteiger partial charge in [-0.2, -0.15) is 0 Å². The molecule has 0 aliphatic heterocycles. The molecule has 0 amide bonds. The molecule has 1 saturated carbocycles. The summed E-state index contributed by atoms with van der Waals surface area (Å²) in [5, 5.41) is 10.6. The van der Waals surface area contributed by atoms with Gasteiger partial charge in [-0.1, -0.05) is 50.1 Å². The molecule has 0 aromatic rings. The number of unbranched alkanes of at least 4 members (excludes halogenated alkanes) is 1. The Morgan fingerprint density at radius 2 is 2.14 bits per heavy atom. The fourth-order valence-corrected chi connectivity index (χ4v) is 4.45. The lowest BCUT2D eigenvalue weighted by atomic mass is 9.62. The van der Waals surface area contributed by atoms with E-state index in [1.54, 1.807) is 6.08 Å². The molecule has 0 aromatic heterocycles. The van der Waals surface area contributed by atoms with Gasteiger partial charge in [0.15, 0.2) is 5.78 Å². The van der Waals surface area contributed by atoms with Crippen molar-refractivity contribution in [1.29, 1.82) is 0 Å². The molecule has 4 heteroatoms. The SMILES string of the molecule is CCCC1(C(O)CC=C[C@H]2C=CC(=O)[C@@H]2CC=CCCCC(=O)OC)CCC1. The normalized spacial score (nSPS) is 24.8. The first-order valence-corrected chi connectivity index (χ1v) is 10.8. The van der Waals surface area contributed by atoms with E-state index < -0.39 is 0 Å². The van der Waals surface area contributed by atoms with Crippen LogP contribution in [0.3, 0.4) is 0 Å². The summed E-state index contributed by atoms with van der Waals surface area (Å²) in [6, 6.07) is 0. The van der Waals surface area contributed by atoms with Gasteiger partial charge in [-0.15, -0.1) is 0 Å². The molecule has 0 heterocycles. The average molecular weight is 389 g/mol. The lowest BCUT2D eigenvalue weighted by Crippen LogP contribution is -2.41. The molecular weight excluding hydrogens is 352 g/mol. The monoisotopic (exact) mass is 388 g/mol. The van der Waals surface area contributed by atoms with Gasteiger partial charge in [-0.25, -0.2) is 0 Å². The summed E-state index contributed by atoms with van der Waals surface area (Å²) in [4.78, 5) is 23.2. The zero-order valence-corrected chi connectivity index (χ0v) is 17.4. The van der Waals surface area contributed by atoms with Crippen molar-refractivity contribution in [2.24, 2.45) is 17.3 Å². The van der Waals surface area contributed by atoms with E-state index in [2.05, 4.69) is 23.8 Å². The predicted molar refractivity (Wildman–Crippen MR) is 112 cm³/mol. The Hall–Kier alpha value is -1.68. The smallest absolute Gasteiger partial charge is 0.305 e. The van der Waals surface area contributed by atoms with Crippen LogP contribution in [0, 0.1) is 17.3 Å². The van der Waals surface area contributed by atoms with Gasteiger partial charge in [0.05, 0.1) is 13.2 Å². The molecule has 0 saturated heterocycles. The van der Waals surface area contributed by atoms with E-state index in [-0.39, 0.29) is 35.1 Å². The van der Waals surface area contributed by atoms with E-state index >= 15 is 0 Å². The average Bonchev–Trinajstić information content (AvgIpc) is 3.00. The maximum atomic E-state index is 12.2. The zero-order chi connectivity index (χ0) is 20.4. The Labute approximate surface area is 169 Å². The van der Waals surface area contributed by atoms with Crippen molar-refractivity contribution in [3.8, 4) is 0 Å². The minimum Gasteiger partial charge on any atom is -0.469 e. The summed E-state index contributed by atoms with van der Waals surface area (Å²) in [6.07, 6.45) is 20.8. The summed E-state index contributed by atoms with van der Waals surface area (Å²) < 4.78 is 4.62. The highest BCUT2D eigenvalue weighted by atomic mass is 16.5. The first-order chi connectivity index (χ1) is 13.5. The van der Waals surface area contributed by atoms with Crippen molar-refractivity contribution in [3.05, 3.63) is 36.5 Å². The summed E-state index contributed by atoms with van der Waals surface area (Å²) >= 11 is 0. The Bertz CT molecular complexity index is 598. The highest BCUT2D eigenvalue weighted by molar-refractivity contribution is 5.95. The summed E-state index contributed by atoms with van der Waals surface area (Å²) in [5.74, 6) is 0.0657. The number of ether oxygens (including phenoxy) is 1. The van der Waals surface area contributed by atoms with Crippen LogP contribution in [-0.4, -0.2) is 30.1 Å². The van der Waals surface area contributed by atoms with Gasteiger partial charge in [-0.05, 0) is 56.4 Å². The molecule has 0 radical (unpaired) electrons. The van der Waals surface area contributed by atoms with E-state index in [9.17, 15) is 14.7 Å². The quantitative estimate of drug-likeness (QED) is 0.293. The second-order valence-corrected chi connectivity index (χ2v) is 8.27. The molecule has 3 atom stereocenters. The van der Waals surface area contributed by atoms with Gasteiger partial charge in [0.1, 0.15) is 0 Å². The van der Waals surface area contributed by atoms with Crippen LogP contribution in [0.1, 0.15) is 71.1 Å². The van der Waals surface area contributed by atoms with Gasteiger partial charge < -0.3 is 9.84 Å². The summed E-state index contributed by atoms with van der Waals surface area (Å²) in [5.41, 5.74) is 0.132. The maximum absolute atomic E-state index is 12.2. The van der Waals surface area contributed by atoms with Crippen molar-refractivity contribution in [1.82, 2.24) is 0 Å². The van der Waals surface area contributed by atoms with Crippen LogP contribution in [0.2, 0.25) is 0 Å². The number of rotatable bonds is 12. The fourth-order valence-electron chi connectivity index (χ4n) is 4.45. The molecule has 0 aromatic carbocycles. The third-order valence-electron chi connectivity index (χ3n) is 6.37. The number of esters is 1. The Balaban J connectivity index is 1.77. The van der Waals surface area contributed by atoms with E-state index in [1.807, 2.05) is 18.2 Å². The molecule has 2 rings (SSSR count). The number of hydrogen-bond acceptors (Lipinski definition) is 4. The molecule has 28 heavy (non-hydrogen) atoms. The Morgan fingerprint density at radius 1 is 1.36 bits per heavy atom. The third-order valence-corrected chi connectivity index (χ3v) is 6.37. The minimum absolute atomic E-state index is 0.0430. The number of ketones is 1. The van der Waals surface area contributed by atoms with Gasteiger partial charge in [0, 0.05) is 18.3 Å². The predicted octanol–water partition coefficient (Wildman–Crippen LogP) is 4.92.